The normalized spacial score (nSPS) is 11.3. The first-order valence-corrected chi connectivity index (χ1v) is 9.18. The summed E-state index contributed by atoms with van der Waals surface area (Å²) in [6, 6.07) is 12.4. The Morgan fingerprint density at radius 2 is 2.05 bits per heavy atom. The van der Waals surface area contributed by atoms with Gasteiger partial charge in [-0.05, 0) is 30.5 Å². The highest BCUT2D eigenvalue weighted by molar-refractivity contribution is 7.97. The molecule has 2 aromatic heterocycles. The van der Waals surface area contributed by atoms with Crippen LogP contribution in [0.15, 0.2) is 40.8 Å². The molecule has 21 heavy (non-hydrogen) atoms. The standard InChI is InChI=1S/C16H18N2OS2/c1-20-11-13-7-6-12(19-13)10-17-9-8-16-18-14-4-2-3-5-15(14)21-16/h2-7,17H,8-11H2,1H3. The van der Waals surface area contributed by atoms with Crippen LogP contribution in [-0.4, -0.2) is 17.8 Å². The first kappa shape index (κ1) is 14.6. The lowest BCUT2D eigenvalue weighted by Gasteiger charge is -2.00. The second-order valence-electron chi connectivity index (χ2n) is 4.80. The molecule has 0 aliphatic carbocycles. The van der Waals surface area contributed by atoms with Crippen molar-refractivity contribution in [2.45, 2.75) is 18.7 Å². The molecule has 0 fully saturated rings. The van der Waals surface area contributed by atoms with E-state index >= 15 is 0 Å². The van der Waals surface area contributed by atoms with Crippen molar-refractivity contribution >= 4 is 33.3 Å². The number of furan rings is 1. The minimum Gasteiger partial charge on any atom is -0.464 e. The number of fused-ring (bicyclic) bond motifs is 1. The summed E-state index contributed by atoms with van der Waals surface area (Å²) in [4.78, 5) is 4.64. The molecule has 1 N–H and O–H groups in total. The highest BCUT2D eigenvalue weighted by Gasteiger charge is 2.04. The van der Waals surface area contributed by atoms with Crippen LogP contribution >= 0.6 is 23.1 Å². The van der Waals surface area contributed by atoms with E-state index < -0.39 is 0 Å². The van der Waals surface area contributed by atoms with Gasteiger partial charge in [0.05, 0.1) is 27.5 Å². The van der Waals surface area contributed by atoms with Gasteiger partial charge in [-0.15, -0.1) is 11.3 Å². The maximum absolute atomic E-state index is 5.73. The largest absolute Gasteiger partial charge is 0.464 e. The second-order valence-corrected chi connectivity index (χ2v) is 6.78. The minimum atomic E-state index is 0.777. The van der Waals surface area contributed by atoms with Crippen LogP contribution in [0.3, 0.4) is 0 Å². The maximum Gasteiger partial charge on any atom is 0.117 e. The number of hydrogen-bond donors (Lipinski definition) is 1. The highest BCUT2D eigenvalue weighted by Crippen LogP contribution is 2.21. The second kappa shape index (κ2) is 7.11. The van der Waals surface area contributed by atoms with E-state index in [4.69, 9.17) is 4.42 Å². The molecule has 3 nitrogen and oxygen atoms in total. The molecular weight excluding hydrogens is 300 g/mol. The molecule has 110 valence electrons. The van der Waals surface area contributed by atoms with Crippen molar-refractivity contribution in [2.75, 3.05) is 12.8 Å². The van der Waals surface area contributed by atoms with Crippen molar-refractivity contribution in [1.82, 2.24) is 10.3 Å². The van der Waals surface area contributed by atoms with Crippen LogP contribution in [0.2, 0.25) is 0 Å². The molecule has 0 atom stereocenters. The van der Waals surface area contributed by atoms with E-state index in [0.29, 0.717) is 0 Å². The Balaban J connectivity index is 1.47. The first-order valence-electron chi connectivity index (χ1n) is 6.97. The Labute approximate surface area is 132 Å². The molecule has 0 amide bonds. The Bertz CT molecular complexity index is 672. The summed E-state index contributed by atoms with van der Waals surface area (Å²) < 4.78 is 6.99. The number of thiazole rings is 1. The van der Waals surface area contributed by atoms with Crippen LogP contribution < -0.4 is 5.32 Å². The van der Waals surface area contributed by atoms with E-state index in [2.05, 4.69) is 46.9 Å². The van der Waals surface area contributed by atoms with E-state index in [1.165, 1.54) is 9.71 Å². The van der Waals surface area contributed by atoms with Crippen molar-refractivity contribution in [3.05, 3.63) is 52.9 Å². The number of nitrogens with one attached hydrogen (secondary N) is 1. The number of para-hydroxylation sites is 1. The molecule has 2 heterocycles. The van der Waals surface area contributed by atoms with Crippen LogP contribution in [-0.2, 0) is 18.7 Å². The first-order chi connectivity index (χ1) is 10.3. The number of nitrogens with zero attached hydrogens (tertiary/aromatic N) is 1. The van der Waals surface area contributed by atoms with Gasteiger partial charge in [0.2, 0.25) is 0 Å². The summed E-state index contributed by atoms with van der Waals surface area (Å²) in [5.41, 5.74) is 1.10. The molecule has 3 aromatic rings. The lowest BCUT2D eigenvalue weighted by molar-refractivity contribution is 0.460. The smallest absolute Gasteiger partial charge is 0.117 e. The topological polar surface area (TPSA) is 38.1 Å². The predicted molar refractivity (Wildman–Crippen MR) is 91.0 cm³/mol. The molecular formula is C16H18N2OS2. The average Bonchev–Trinajstić information content (AvgIpc) is 3.10. The van der Waals surface area contributed by atoms with E-state index in [1.54, 1.807) is 23.1 Å². The van der Waals surface area contributed by atoms with E-state index in [-0.39, 0.29) is 0 Å². The van der Waals surface area contributed by atoms with Gasteiger partial charge in [-0.25, -0.2) is 4.98 Å². The lowest BCUT2D eigenvalue weighted by atomic mass is 10.3. The van der Waals surface area contributed by atoms with Crippen molar-refractivity contribution < 1.29 is 4.42 Å². The molecule has 5 heteroatoms. The summed E-state index contributed by atoms with van der Waals surface area (Å²) >= 11 is 3.55. The Kier molecular flexibility index (Phi) is 4.95. The molecule has 0 bridgehead atoms. The third kappa shape index (κ3) is 3.87. The van der Waals surface area contributed by atoms with Gasteiger partial charge in [-0.1, -0.05) is 12.1 Å². The SMILES string of the molecule is CSCc1ccc(CNCCc2nc3ccccc3s2)o1. The third-order valence-electron chi connectivity index (χ3n) is 3.16. The van der Waals surface area contributed by atoms with Crippen LogP contribution in [0.4, 0.5) is 0 Å². The molecule has 3 rings (SSSR count). The number of aromatic nitrogens is 1. The maximum atomic E-state index is 5.73. The van der Waals surface area contributed by atoms with Crippen molar-refractivity contribution in [3.8, 4) is 0 Å². The molecule has 0 saturated heterocycles. The number of rotatable bonds is 7. The van der Waals surface area contributed by atoms with Gasteiger partial charge in [-0.3, -0.25) is 0 Å². The van der Waals surface area contributed by atoms with Gasteiger partial charge in [0.15, 0.2) is 0 Å². The quantitative estimate of drug-likeness (QED) is 0.666. The molecule has 0 aliphatic heterocycles. The Hall–Kier alpha value is -1.30. The fourth-order valence-corrected chi connectivity index (χ4v) is 3.58. The Morgan fingerprint density at radius 1 is 1.19 bits per heavy atom. The minimum absolute atomic E-state index is 0.777. The van der Waals surface area contributed by atoms with E-state index in [9.17, 15) is 0 Å². The van der Waals surface area contributed by atoms with Crippen molar-refractivity contribution in [3.63, 3.8) is 0 Å². The average molecular weight is 318 g/mol. The summed E-state index contributed by atoms with van der Waals surface area (Å²) in [6.45, 7) is 1.69. The van der Waals surface area contributed by atoms with Crippen LogP contribution in [0.1, 0.15) is 16.5 Å². The fourth-order valence-electron chi connectivity index (χ4n) is 2.17. The molecule has 0 spiro atoms. The molecule has 0 unspecified atom stereocenters. The van der Waals surface area contributed by atoms with Crippen LogP contribution in [0.5, 0.6) is 0 Å². The summed E-state index contributed by atoms with van der Waals surface area (Å²) in [6.07, 6.45) is 3.04. The summed E-state index contributed by atoms with van der Waals surface area (Å²) in [5, 5.41) is 4.60. The van der Waals surface area contributed by atoms with Gasteiger partial charge >= 0.3 is 0 Å². The molecule has 0 saturated carbocycles. The number of thioether (sulfide) groups is 1. The van der Waals surface area contributed by atoms with Crippen LogP contribution in [0, 0.1) is 0 Å². The van der Waals surface area contributed by atoms with Gasteiger partial charge in [-0.2, -0.15) is 11.8 Å². The zero-order valence-electron chi connectivity index (χ0n) is 12.0. The van der Waals surface area contributed by atoms with Crippen molar-refractivity contribution in [1.29, 1.82) is 0 Å². The fraction of sp³-hybridized carbons (Fsp3) is 0.312. The third-order valence-corrected chi connectivity index (χ3v) is 4.83. The van der Waals surface area contributed by atoms with Gasteiger partial charge in [0.1, 0.15) is 11.5 Å². The van der Waals surface area contributed by atoms with E-state index in [0.717, 1.165) is 42.3 Å². The highest BCUT2D eigenvalue weighted by atomic mass is 32.2. The lowest BCUT2D eigenvalue weighted by Crippen LogP contribution is -2.16. The zero-order chi connectivity index (χ0) is 14.5. The monoisotopic (exact) mass is 318 g/mol. The van der Waals surface area contributed by atoms with E-state index in [1.807, 2.05) is 6.07 Å². The van der Waals surface area contributed by atoms with Gasteiger partial charge < -0.3 is 9.73 Å². The molecule has 0 aliphatic rings. The molecule has 1 aromatic carbocycles. The Morgan fingerprint density at radius 3 is 2.90 bits per heavy atom. The predicted octanol–water partition coefficient (Wildman–Crippen LogP) is 4.08. The van der Waals surface area contributed by atoms with Gasteiger partial charge in [0.25, 0.3) is 0 Å². The van der Waals surface area contributed by atoms with Crippen molar-refractivity contribution in [2.24, 2.45) is 0 Å². The summed E-state index contributed by atoms with van der Waals surface area (Å²) in [5.74, 6) is 2.99. The number of benzene rings is 1. The number of hydrogen-bond acceptors (Lipinski definition) is 5. The van der Waals surface area contributed by atoms with Gasteiger partial charge in [0, 0.05) is 13.0 Å². The molecule has 0 radical (unpaired) electrons. The summed E-state index contributed by atoms with van der Waals surface area (Å²) in [7, 11) is 0. The zero-order valence-corrected chi connectivity index (χ0v) is 13.6. The van der Waals surface area contributed by atoms with Crippen LogP contribution in [0.25, 0.3) is 10.2 Å².